The van der Waals surface area contributed by atoms with Crippen LogP contribution < -0.4 is 0 Å². The molecule has 0 spiro atoms. The Morgan fingerprint density at radius 1 is 1.00 bits per heavy atom. The Balaban J connectivity index is 2.19. The fraction of sp³-hybridized carbons (Fsp3) is 0.158. The number of methoxy groups -OCH3 is 1. The molecule has 0 radical (unpaired) electrons. The van der Waals surface area contributed by atoms with E-state index >= 15 is 0 Å². The van der Waals surface area contributed by atoms with Crippen molar-refractivity contribution in [1.29, 1.82) is 0 Å². The molecular formula is C19H16F2O. The summed E-state index contributed by atoms with van der Waals surface area (Å²) >= 11 is 0. The summed E-state index contributed by atoms with van der Waals surface area (Å²) in [6.07, 6.45) is 5.56. The van der Waals surface area contributed by atoms with Crippen LogP contribution >= 0.6 is 0 Å². The number of halogens is 2. The Labute approximate surface area is 128 Å². The minimum absolute atomic E-state index is 0.271. The van der Waals surface area contributed by atoms with Crippen molar-refractivity contribution in [2.24, 2.45) is 0 Å². The van der Waals surface area contributed by atoms with Crippen molar-refractivity contribution in [1.82, 2.24) is 0 Å². The van der Waals surface area contributed by atoms with E-state index in [4.69, 9.17) is 4.74 Å². The predicted octanol–water partition coefficient (Wildman–Crippen LogP) is 4.94. The Hall–Kier alpha value is -2.42. The highest BCUT2D eigenvalue weighted by Crippen LogP contribution is 2.44. The van der Waals surface area contributed by atoms with Gasteiger partial charge in [0.15, 0.2) is 0 Å². The van der Waals surface area contributed by atoms with Gasteiger partial charge in [0, 0.05) is 11.0 Å². The molecule has 0 N–H and O–H groups in total. The highest BCUT2D eigenvalue weighted by molar-refractivity contribution is 5.86. The van der Waals surface area contributed by atoms with Gasteiger partial charge < -0.3 is 4.74 Å². The first-order valence-electron chi connectivity index (χ1n) is 7.03. The summed E-state index contributed by atoms with van der Waals surface area (Å²) in [6, 6.07) is 11.1. The van der Waals surface area contributed by atoms with E-state index in [2.05, 4.69) is 0 Å². The summed E-state index contributed by atoms with van der Waals surface area (Å²) in [5.41, 5.74) is 3.12. The standard InChI is InChI=1S/C19H16F2O/c1-19(14-3-5-15(20)6-4-14)10-9-13-11-16(21)7-8-17(13)18(19)12-22-2/h3-12H,1-2H3/b18-12+. The molecule has 0 aliphatic heterocycles. The van der Waals surface area contributed by atoms with Crippen LogP contribution in [0.1, 0.15) is 23.6 Å². The van der Waals surface area contributed by atoms with Gasteiger partial charge >= 0.3 is 0 Å². The van der Waals surface area contributed by atoms with Gasteiger partial charge in [0.1, 0.15) is 11.6 Å². The lowest BCUT2D eigenvalue weighted by molar-refractivity contribution is 0.337. The normalized spacial score (nSPS) is 21.7. The van der Waals surface area contributed by atoms with E-state index in [-0.39, 0.29) is 11.6 Å². The Morgan fingerprint density at radius 2 is 1.68 bits per heavy atom. The number of ether oxygens (including phenoxy) is 1. The summed E-state index contributed by atoms with van der Waals surface area (Å²) < 4.78 is 31.9. The van der Waals surface area contributed by atoms with Crippen molar-refractivity contribution in [3.8, 4) is 0 Å². The van der Waals surface area contributed by atoms with Crippen LogP contribution in [-0.4, -0.2) is 7.11 Å². The minimum atomic E-state index is -0.464. The van der Waals surface area contributed by atoms with Gasteiger partial charge in [0.05, 0.1) is 13.4 Å². The number of fused-ring (bicyclic) bond motifs is 1. The third kappa shape index (κ3) is 2.33. The first kappa shape index (κ1) is 14.5. The summed E-state index contributed by atoms with van der Waals surface area (Å²) in [5, 5.41) is 0. The molecule has 1 aliphatic rings. The molecule has 112 valence electrons. The third-order valence-electron chi connectivity index (χ3n) is 4.14. The zero-order valence-corrected chi connectivity index (χ0v) is 12.4. The molecule has 0 heterocycles. The zero-order chi connectivity index (χ0) is 15.7. The molecule has 0 fully saturated rings. The molecule has 0 amide bonds. The van der Waals surface area contributed by atoms with E-state index < -0.39 is 5.41 Å². The molecule has 0 saturated heterocycles. The van der Waals surface area contributed by atoms with E-state index in [0.717, 1.165) is 22.3 Å². The molecule has 1 nitrogen and oxygen atoms in total. The average Bonchev–Trinajstić information content (AvgIpc) is 2.51. The van der Waals surface area contributed by atoms with Crippen molar-refractivity contribution in [3.63, 3.8) is 0 Å². The maximum atomic E-state index is 13.4. The molecular weight excluding hydrogens is 282 g/mol. The smallest absolute Gasteiger partial charge is 0.123 e. The SMILES string of the molecule is CO/C=C1\c2ccc(F)cc2C=CC1(C)c1ccc(F)cc1. The van der Waals surface area contributed by atoms with Crippen molar-refractivity contribution < 1.29 is 13.5 Å². The highest BCUT2D eigenvalue weighted by Gasteiger charge is 2.33. The second-order valence-electron chi connectivity index (χ2n) is 5.54. The third-order valence-corrected chi connectivity index (χ3v) is 4.14. The van der Waals surface area contributed by atoms with Crippen LogP contribution in [0.25, 0.3) is 11.6 Å². The molecule has 1 aliphatic carbocycles. The summed E-state index contributed by atoms with van der Waals surface area (Å²) in [4.78, 5) is 0. The molecule has 22 heavy (non-hydrogen) atoms. The number of benzene rings is 2. The lowest BCUT2D eigenvalue weighted by Crippen LogP contribution is -2.24. The van der Waals surface area contributed by atoms with Crippen LogP contribution in [0.15, 0.2) is 54.8 Å². The predicted molar refractivity (Wildman–Crippen MR) is 84.2 cm³/mol. The van der Waals surface area contributed by atoms with E-state index in [1.165, 1.54) is 24.3 Å². The van der Waals surface area contributed by atoms with Crippen LogP contribution in [0.3, 0.4) is 0 Å². The molecule has 2 aromatic carbocycles. The summed E-state index contributed by atoms with van der Waals surface area (Å²) in [7, 11) is 1.58. The van der Waals surface area contributed by atoms with Gasteiger partial charge in [-0.05, 0) is 47.9 Å². The van der Waals surface area contributed by atoms with Crippen LogP contribution in [-0.2, 0) is 10.2 Å². The molecule has 1 unspecified atom stereocenters. The number of allylic oxidation sites excluding steroid dienone is 2. The van der Waals surface area contributed by atoms with Crippen molar-refractivity contribution in [3.05, 3.63) is 83.1 Å². The van der Waals surface area contributed by atoms with Crippen molar-refractivity contribution >= 4 is 11.6 Å². The van der Waals surface area contributed by atoms with Gasteiger partial charge in [-0.15, -0.1) is 0 Å². The molecule has 3 rings (SSSR count). The van der Waals surface area contributed by atoms with Crippen LogP contribution in [0.4, 0.5) is 8.78 Å². The topological polar surface area (TPSA) is 9.23 Å². The van der Waals surface area contributed by atoms with E-state index in [1.807, 2.05) is 19.1 Å². The summed E-state index contributed by atoms with van der Waals surface area (Å²) in [5.74, 6) is -0.544. The molecule has 3 heteroatoms. The second kappa shape index (κ2) is 5.41. The van der Waals surface area contributed by atoms with Crippen LogP contribution in [0.5, 0.6) is 0 Å². The van der Waals surface area contributed by atoms with Gasteiger partial charge in [-0.3, -0.25) is 0 Å². The number of rotatable bonds is 2. The first-order chi connectivity index (χ1) is 10.5. The fourth-order valence-electron chi connectivity index (χ4n) is 2.89. The lowest BCUT2D eigenvalue weighted by atomic mass is 9.69. The molecule has 0 bridgehead atoms. The van der Waals surface area contributed by atoms with Crippen LogP contribution in [0.2, 0.25) is 0 Å². The fourth-order valence-corrected chi connectivity index (χ4v) is 2.89. The maximum Gasteiger partial charge on any atom is 0.123 e. The zero-order valence-electron chi connectivity index (χ0n) is 12.4. The van der Waals surface area contributed by atoms with Gasteiger partial charge in [-0.1, -0.05) is 30.4 Å². The van der Waals surface area contributed by atoms with Gasteiger partial charge in [0.25, 0.3) is 0 Å². The van der Waals surface area contributed by atoms with Crippen molar-refractivity contribution in [2.45, 2.75) is 12.3 Å². The number of hydrogen-bond acceptors (Lipinski definition) is 1. The van der Waals surface area contributed by atoms with E-state index in [0.29, 0.717) is 0 Å². The van der Waals surface area contributed by atoms with E-state index in [1.54, 1.807) is 31.6 Å². The highest BCUT2D eigenvalue weighted by atomic mass is 19.1. The number of hydrogen-bond donors (Lipinski definition) is 0. The second-order valence-corrected chi connectivity index (χ2v) is 5.54. The monoisotopic (exact) mass is 298 g/mol. The quantitative estimate of drug-likeness (QED) is 0.714. The van der Waals surface area contributed by atoms with Crippen molar-refractivity contribution in [2.75, 3.05) is 7.11 Å². The average molecular weight is 298 g/mol. The Kier molecular flexibility index (Phi) is 3.57. The van der Waals surface area contributed by atoms with Crippen LogP contribution in [0, 0.1) is 11.6 Å². The minimum Gasteiger partial charge on any atom is -0.504 e. The first-order valence-corrected chi connectivity index (χ1v) is 7.03. The molecule has 2 aromatic rings. The lowest BCUT2D eigenvalue weighted by Gasteiger charge is -2.34. The molecule has 1 atom stereocenters. The maximum absolute atomic E-state index is 13.4. The molecule has 0 aromatic heterocycles. The van der Waals surface area contributed by atoms with E-state index in [9.17, 15) is 8.78 Å². The Morgan fingerprint density at radius 3 is 2.36 bits per heavy atom. The summed E-state index contributed by atoms with van der Waals surface area (Å²) in [6.45, 7) is 2.04. The van der Waals surface area contributed by atoms with Gasteiger partial charge in [0.2, 0.25) is 0 Å². The Bertz CT molecular complexity index is 760. The van der Waals surface area contributed by atoms with Gasteiger partial charge in [-0.2, -0.15) is 0 Å². The largest absolute Gasteiger partial charge is 0.504 e. The molecule has 0 saturated carbocycles. The van der Waals surface area contributed by atoms with Gasteiger partial charge in [-0.25, -0.2) is 8.78 Å².